The first kappa shape index (κ1) is 22.5. The van der Waals surface area contributed by atoms with Crippen molar-refractivity contribution in [2.24, 2.45) is 0 Å². The number of fused-ring (bicyclic) bond motifs is 2. The molecule has 5 aromatic carbocycles. The molecule has 0 atom stereocenters. The summed E-state index contributed by atoms with van der Waals surface area (Å²) in [6.07, 6.45) is 4.36. The molecular weight excluding hydrogens is 428 g/mol. The van der Waals surface area contributed by atoms with E-state index in [9.17, 15) is 0 Å². The molecule has 0 aliphatic rings. The lowest BCUT2D eigenvalue weighted by molar-refractivity contribution is 0.363. The minimum absolute atomic E-state index is 0.501. The first-order valence-electron chi connectivity index (χ1n) is 11.9. The van der Waals surface area contributed by atoms with Crippen LogP contribution in [-0.4, -0.2) is 13.2 Å². The summed E-state index contributed by atoms with van der Waals surface area (Å²) in [5.74, 6) is 1.71. The summed E-state index contributed by atoms with van der Waals surface area (Å²) in [7, 11) is 0. The second-order valence-corrected chi connectivity index (χ2v) is 8.49. The smallest absolute Gasteiger partial charge is 0.119 e. The van der Waals surface area contributed by atoms with Gasteiger partial charge in [-0.25, -0.2) is 0 Å². The van der Waals surface area contributed by atoms with Gasteiger partial charge in [0.1, 0.15) is 24.7 Å². The second-order valence-electron chi connectivity index (χ2n) is 8.49. The Kier molecular flexibility index (Phi) is 6.63. The molecule has 2 heteroatoms. The third-order valence-electron chi connectivity index (χ3n) is 6.23. The van der Waals surface area contributed by atoms with E-state index >= 15 is 0 Å². The molecule has 5 aromatic rings. The number of rotatable bonds is 9. The quantitative estimate of drug-likeness (QED) is 0.164. The van der Waals surface area contributed by atoms with Gasteiger partial charge < -0.3 is 9.47 Å². The second kappa shape index (κ2) is 10.3. The Hall–Kier alpha value is -4.30. The number of benzene rings is 5. The van der Waals surface area contributed by atoms with Crippen molar-refractivity contribution < 1.29 is 9.47 Å². The molecule has 0 saturated carbocycles. The summed E-state index contributed by atoms with van der Waals surface area (Å²) < 4.78 is 11.4. The Labute approximate surface area is 206 Å². The molecule has 0 heterocycles. The van der Waals surface area contributed by atoms with Crippen molar-refractivity contribution in [2.45, 2.75) is 6.42 Å². The zero-order valence-corrected chi connectivity index (χ0v) is 19.7. The highest BCUT2D eigenvalue weighted by Crippen LogP contribution is 2.40. The predicted molar refractivity (Wildman–Crippen MR) is 148 cm³/mol. The Balaban J connectivity index is 1.63. The van der Waals surface area contributed by atoms with Crippen molar-refractivity contribution in [3.05, 3.63) is 133 Å². The molecule has 172 valence electrons. The first-order chi connectivity index (χ1) is 17.3. The van der Waals surface area contributed by atoms with Crippen molar-refractivity contribution in [3.8, 4) is 22.6 Å². The van der Waals surface area contributed by atoms with Crippen LogP contribution in [0.25, 0.3) is 32.7 Å². The molecule has 0 bridgehead atoms. The highest BCUT2D eigenvalue weighted by Gasteiger charge is 2.15. The van der Waals surface area contributed by atoms with Crippen LogP contribution in [0.4, 0.5) is 0 Å². The molecule has 35 heavy (non-hydrogen) atoms. The maximum atomic E-state index is 5.70. The number of hydrogen-bond donors (Lipinski definition) is 0. The van der Waals surface area contributed by atoms with Crippen LogP contribution in [0.2, 0.25) is 0 Å². The van der Waals surface area contributed by atoms with Gasteiger partial charge in [0.25, 0.3) is 0 Å². The van der Waals surface area contributed by atoms with Gasteiger partial charge in [-0.2, -0.15) is 0 Å². The standard InChI is InChI=1S/C33H28O2/c1-3-21-34-26-17-13-24(14-18-26)23-32-28-9-5-7-11-30(28)33(31-12-8-6-10-29(31)32)25-15-19-27(20-16-25)35-22-4-2/h3-20H,1-2,21-23H2. The van der Waals surface area contributed by atoms with E-state index in [0.29, 0.717) is 13.2 Å². The van der Waals surface area contributed by atoms with Gasteiger partial charge in [-0.3, -0.25) is 0 Å². The summed E-state index contributed by atoms with van der Waals surface area (Å²) in [5, 5.41) is 5.07. The molecule has 0 aliphatic carbocycles. The van der Waals surface area contributed by atoms with Crippen LogP contribution in [0.5, 0.6) is 11.5 Å². The molecule has 2 nitrogen and oxygen atoms in total. The summed E-state index contributed by atoms with van der Waals surface area (Å²) in [5.41, 5.74) is 5.02. The molecule has 0 unspecified atom stereocenters. The normalized spacial score (nSPS) is 10.9. The van der Waals surface area contributed by atoms with Crippen molar-refractivity contribution in [2.75, 3.05) is 13.2 Å². The molecule has 0 aliphatic heterocycles. The fraction of sp³-hybridized carbons (Fsp3) is 0.0909. The topological polar surface area (TPSA) is 18.5 Å². The van der Waals surface area contributed by atoms with E-state index in [2.05, 4.69) is 86.0 Å². The molecule has 5 rings (SSSR count). The lowest BCUT2D eigenvalue weighted by atomic mass is 9.86. The van der Waals surface area contributed by atoms with E-state index in [1.807, 2.05) is 24.3 Å². The predicted octanol–water partition coefficient (Wildman–Crippen LogP) is 8.38. The van der Waals surface area contributed by atoms with Crippen LogP contribution >= 0.6 is 0 Å². The van der Waals surface area contributed by atoms with Crippen LogP contribution in [0.3, 0.4) is 0 Å². The van der Waals surface area contributed by atoms with E-state index in [1.54, 1.807) is 12.2 Å². The van der Waals surface area contributed by atoms with Gasteiger partial charge in [-0.1, -0.05) is 98.1 Å². The monoisotopic (exact) mass is 456 g/mol. The van der Waals surface area contributed by atoms with Gasteiger partial charge in [-0.05, 0) is 74.5 Å². The Morgan fingerprint density at radius 2 is 1.00 bits per heavy atom. The summed E-state index contributed by atoms with van der Waals surface area (Å²) in [6.45, 7) is 8.46. The Morgan fingerprint density at radius 1 is 0.543 bits per heavy atom. The van der Waals surface area contributed by atoms with E-state index in [1.165, 1.54) is 43.8 Å². The average Bonchev–Trinajstić information content (AvgIpc) is 2.92. The number of hydrogen-bond acceptors (Lipinski definition) is 2. The SMILES string of the molecule is C=CCOc1ccc(Cc2c3ccccc3c(-c3ccc(OCC=C)cc3)c3ccccc23)cc1. The molecule has 0 fully saturated rings. The highest BCUT2D eigenvalue weighted by molar-refractivity contribution is 6.15. The van der Waals surface area contributed by atoms with Crippen LogP contribution in [0, 0.1) is 0 Å². The van der Waals surface area contributed by atoms with Gasteiger partial charge in [0, 0.05) is 0 Å². The zero-order chi connectivity index (χ0) is 24.0. The van der Waals surface area contributed by atoms with Crippen LogP contribution < -0.4 is 9.47 Å². The minimum Gasteiger partial charge on any atom is -0.490 e. The van der Waals surface area contributed by atoms with Crippen LogP contribution in [0.1, 0.15) is 11.1 Å². The van der Waals surface area contributed by atoms with E-state index in [4.69, 9.17) is 9.47 Å². The maximum Gasteiger partial charge on any atom is 0.119 e. The van der Waals surface area contributed by atoms with E-state index in [0.717, 1.165) is 17.9 Å². The summed E-state index contributed by atoms with van der Waals surface area (Å²) >= 11 is 0. The highest BCUT2D eigenvalue weighted by atomic mass is 16.5. The van der Waals surface area contributed by atoms with Gasteiger partial charge in [0.15, 0.2) is 0 Å². The summed E-state index contributed by atoms with van der Waals surface area (Å²) in [6, 6.07) is 34.2. The van der Waals surface area contributed by atoms with Gasteiger partial charge in [0.2, 0.25) is 0 Å². The van der Waals surface area contributed by atoms with Crippen LogP contribution in [-0.2, 0) is 6.42 Å². The third kappa shape index (κ3) is 4.69. The fourth-order valence-electron chi connectivity index (χ4n) is 4.66. The zero-order valence-electron chi connectivity index (χ0n) is 19.7. The van der Waals surface area contributed by atoms with Gasteiger partial charge >= 0.3 is 0 Å². The van der Waals surface area contributed by atoms with E-state index in [-0.39, 0.29) is 0 Å². The molecule has 0 saturated heterocycles. The molecule has 0 aromatic heterocycles. The lowest BCUT2D eigenvalue weighted by Crippen LogP contribution is -1.97. The first-order valence-corrected chi connectivity index (χ1v) is 11.9. The van der Waals surface area contributed by atoms with Crippen molar-refractivity contribution in [1.82, 2.24) is 0 Å². The molecule has 0 amide bonds. The Bertz CT molecular complexity index is 1420. The minimum atomic E-state index is 0.501. The van der Waals surface area contributed by atoms with E-state index < -0.39 is 0 Å². The third-order valence-corrected chi connectivity index (χ3v) is 6.23. The largest absolute Gasteiger partial charge is 0.490 e. The van der Waals surface area contributed by atoms with Gasteiger partial charge in [-0.15, -0.1) is 0 Å². The maximum absolute atomic E-state index is 5.70. The van der Waals surface area contributed by atoms with Crippen molar-refractivity contribution >= 4 is 21.5 Å². The summed E-state index contributed by atoms with van der Waals surface area (Å²) in [4.78, 5) is 0. The van der Waals surface area contributed by atoms with Gasteiger partial charge in [0.05, 0.1) is 0 Å². The Morgan fingerprint density at radius 3 is 1.49 bits per heavy atom. The molecule has 0 radical (unpaired) electrons. The number of ether oxygens (including phenoxy) is 2. The molecular formula is C33H28O2. The van der Waals surface area contributed by atoms with Crippen LogP contribution in [0.15, 0.2) is 122 Å². The average molecular weight is 457 g/mol. The lowest BCUT2D eigenvalue weighted by Gasteiger charge is -2.18. The fourth-order valence-corrected chi connectivity index (χ4v) is 4.66. The molecule has 0 N–H and O–H groups in total. The molecule has 0 spiro atoms. The van der Waals surface area contributed by atoms with Crippen molar-refractivity contribution in [1.29, 1.82) is 0 Å². The van der Waals surface area contributed by atoms with Crippen molar-refractivity contribution in [3.63, 3.8) is 0 Å².